The van der Waals surface area contributed by atoms with E-state index in [0.717, 1.165) is 11.1 Å². The summed E-state index contributed by atoms with van der Waals surface area (Å²) < 4.78 is 5.81. The summed E-state index contributed by atoms with van der Waals surface area (Å²) in [6.07, 6.45) is 3.02. The lowest BCUT2D eigenvalue weighted by Gasteiger charge is -2.17. The molecule has 2 N–H and O–H groups in total. The second-order valence-corrected chi connectivity index (χ2v) is 6.62. The van der Waals surface area contributed by atoms with Gasteiger partial charge in [-0.25, -0.2) is 0 Å². The quantitative estimate of drug-likeness (QED) is 0.568. The van der Waals surface area contributed by atoms with Crippen molar-refractivity contribution in [1.82, 2.24) is 0 Å². The Morgan fingerprint density at radius 3 is 2.38 bits per heavy atom. The van der Waals surface area contributed by atoms with E-state index in [1.54, 1.807) is 25.1 Å². The van der Waals surface area contributed by atoms with Crippen molar-refractivity contribution in [2.24, 2.45) is 5.73 Å². The van der Waals surface area contributed by atoms with Gasteiger partial charge in [-0.2, -0.15) is 0 Å². The normalized spacial score (nSPS) is 12.3. The summed E-state index contributed by atoms with van der Waals surface area (Å²) in [4.78, 5) is 23.8. The summed E-state index contributed by atoms with van der Waals surface area (Å²) >= 11 is 0. The molecule has 1 atom stereocenters. The third-order valence-electron chi connectivity index (χ3n) is 3.98. The number of carbonyl (C=O) groups excluding carboxylic acids is 2. The van der Waals surface area contributed by atoms with Crippen molar-refractivity contribution in [2.45, 2.75) is 39.2 Å². The monoisotopic (exact) mass is 351 g/mol. The van der Waals surface area contributed by atoms with Crippen LogP contribution < -0.4 is 10.5 Å². The van der Waals surface area contributed by atoms with Crippen molar-refractivity contribution in [1.29, 1.82) is 0 Å². The summed E-state index contributed by atoms with van der Waals surface area (Å²) in [5, 5.41) is 0. The predicted octanol–water partition coefficient (Wildman–Crippen LogP) is 4.35. The van der Waals surface area contributed by atoms with E-state index in [0.29, 0.717) is 11.3 Å². The summed E-state index contributed by atoms with van der Waals surface area (Å²) in [6, 6.07) is 15.2. The number of rotatable bonds is 8. The Morgan fingerprint density at radius 1 is 1.08 bits per heavy atom. The van der Waals surface area contributed by atoms with Crippen LogP contribution in [0.2, 0.25) is 0 Å². The van der Waals surface area contributed by atoms with Crippen molar-refractivity contribution in [3.63, 3.8) is 0 Å². The number of ether oxygens (including phenoxy) is 1. The minimum atomic E-state index is -0.437. The third-order valence-corrected chi connectivity index (χ3v) is 3.98. The summed E-state index contributed by atoms with van der Waals surface area (Å²) in [7, 11) is 0. The number of hydrogen-bond acceptors (Lipinski definition) is 3. The number of nitrogens with two attached hydrogens (primary N) is 1. The first kappa shape index (κ1) is 19.4. The van der Waals surface area contributed by atoms with Crippen molar-refractivity contribution < 1.29 is 14.3 Å². The van der Waals surface area contributed by atoms with Crippen LogP contribution in [0, 0.1) is 0 Å². The zero-order chi connectivity index (χ0) is 19.1. The van der Waals surface area contributed by atoms with Crippen LogP contribution in [0.4, 0.5) is 0 Å². The lowest BCUT2D eigenvalue weighted by Crippen LogP contribution is -2.23. The number of primary amides is 1. The fourth-order valence-corrected chi connectivity index (χ4v) is 2.57. The van der Waals surface area contributed by atoms with Gasteiger partial charge in [0.15, 0.2) is 5.78 Å². The second kappa shape index (κ2) is 8.99. The topological polar surface area (TPSA) is 69.4 Å². The largest absolute Gasteiger partial charge is 0.489 e. The fraction of sp³-hybridized carbons (Fsp3) is 0.273. The van der Waals surface area contributed by atoms with E-state index in [2.05, 4.69) is 13.8 Å². The van der Waals surface area contributed by atoms with Gasteiger partial charge >= 0.3 is 0 Å². The number of ketones is 1. The molecule has 0 aliphatic rings. The first-order chi connectivity index (χ1) is 12.4. The van der Waals surface area contributed by atoms with Crippen molar-refractivity contribution in [3.05, 3.63) is 71.3 Å². The van der Waals surface area contributed by atoms with E-state index in [1.165, 1.54) is 0 Å². The van der Waals surface area contributed by atoms with Gasteiger partial charge in [-0.15, -0.1) is 0 Å². The summed E-state index contributed by atoms with van der Waals surface area (Å²) in [6.45, 7) is 5.90. The van der Waals surface area contributed by atoms with E-state index in [-0.39, 0.29) is 18.1 Å². The fourth-order valence-electron chi connectivity index (χ4n) is 2.57. The maximum atomic E-state index is 12.8. The molecule has 2 aromatic carbocycles. The van der Waals surface area contributed by atoms with Gasteiger partial charge in [0.1, 0.15) is 11.9 Å². The third kappa shape index (κ3) is 5.59. The molecule has 2 aromatic rings. The first-order valence-corrected chi connectivity index (χ1v) is 8.73. The summed E-state index contributed by atoms with van der Waals surface area (Å²) in [5.74, 6) is 0.174. The SMILES string of the molecule is CC(CC(N)=O)Oc1ccc(C(C)C)cc1C(=O)/C=C/c1ccccc1. The van der Waals surface area contributed by atoms with Crippen LogP contribution in [-0.4, -0.2) is 17.8 Å². The highest BCUT2D eigenvalue weighted by Gasteiger charge is 2.16. The number of amides is 1. The van der Waals surface area contributed by atoms with E-state index in [9.17, 15) is 9.59 Å². The van der Waals surface area contributed by atoms with Gasteiger partial charge in [0, 0.05) is 0 Å². The Labute approximate surface area is 154 Å². The minimum absolute atomic E-state index is 0.0966. The van der Waals surface area contributed by atoms with Crippen LogP contribution in [0.25, 0.3) is 6.08 Å². The van der Waals surface area contributed by atoms with Crippen LogP contribution in [0.5, 0.6) is 5.75 Å². The summed E-state index contributed by atoms with van der Waals surface area (Å²) in [5.41, 5.74) is 7.71. The second-order valence-electron chi connectivity index (χ2n) is 6.62. The number of carbonyl (C=O) groups is 2. The molecule has 0 radical (unpaired) electrons. The molecule has 0 heterocycles. The molecule has 1 amide bonds. The minimum Gasteiger partial charge on any atom is -0.489 e. The van der Waals surface area contributed by atoms with Gasteiger partial charge in [0.2, 0.25) is 5.91 Å². The van der Waals surface area contributed by atoms with Gasteiger partial charge in [0.25, 0.3) is 0 Å². The van der Waals surface area contributed by atoms with Crippen LogP contribution in [0.3, 0.4) is 0 Å². The molecule has 0 fully saturated rings. The van der Waals surface area contributed by atoms with Gasteiger partial charge in [-0.05, 0) is 42.2 Å². The van der Waals surface area contributed by atoms with Crippen LogP contribution in [-0.2, 0) is 4.79 Å². The van der Waals surface area contributed by atoms with Crippen LogP contribution >= 0.6 is 0 Å². The Hall–Kier alpha value is -2.88. The number of allylic oxidation sites excluding steroid dienone is 1. The zero-order valence-electron chi connectivity index (χ0n) is 15.4. The van der Waals surface area contributed by atoms with Gasteiger partial charge in [-0.3, -0.25) is 9.59 Å². The first-order valence-electron chi connectivity index (χ1n) is 8.73. The Balaban J connectivity index is 2.30. The molecule has 0 bridgehead atoms. The number of benzene rings is 2. The highest BCUT2D eigenvalue weighted by Crippen LogP contribution is 2.26. The molecular weight excluding hydrogens is 326 g/mol. The van der Waals surface area contributed by atoms with E-state index < -0.39 is 12.0 Å². The molecule has 0 saturated carbocycles. The molecule has 1 unspecified atom stereocenters. The van der Waals surface area contributed by atoms with E-state index in [1.807, 2.05) is 42.5 Å². The average Bonchev–Trinajstić information content (AvgIpc) is 2.60. The maximum Gasteiger partial charge on any atom is 0.221 e. The smallest absolute Gasteiger partial charge is 0.221 e. The molecule has 26 heavy (non-hydrogen) atoms. The van der Waals surface area contributed by atoms with Crippen molar-refractivity contribution >= 4 is 17.8 Å². The molecule has 0 aliphatic carbocycles. The molecule has 0 saturated heterocycles. The Morgan fingerprint density at radius 2 is 1.77 bits per heavy atom. The highest BCUT2D eigenvalue weighted by atomic mass is 16.5. The van der Waals surface area contributed by atoms with Gasteiger partial charge in [0.05, 0.1) is 12.0 Å². The Kier molecular flexibility index (Phi) is 6.73. The van der Waals surface area contributed by atoms with E-state index in [4.69, 9.17) is 10.5 Å². The average molecular weight is 351 g/mol. The molecule has 4 nitrogen and oxygen atoms in total. The zero-order valence-corrected chi connectivity index (χ0v) is 15.4. The highest BCUT2D eigenvalue weighted by molar-refractivity contribution is 6.08. The molecule has 136 valence electrons. The predicted molar refractivity (Wildman–Crippen MR) is 104 cm³/mol. The lowest BCUT2D eigenvalue weighted by atomic mass is 9.98. The Bertz CT molecular complexity index is 794. The molecule has 0 aromatic heterocycles. The molecule has 2 rings (SSSR count). The van der Waals surface area contributed by atoms with Crippen molar-refractivity contribution in [2.75, 3.05) is 0 Å². The van der Waals surface area contributed by atoms with Crippen molar-refractivity contribution in [3.8, 4) is 5.75 Å². The molecule has 4 heteroatoms. The lowest BCUT2D eigenvalue weighted by molar-refractivity contribution is -0.119. The molecular formula is C22H25NO3. The standard InChI is InChI=1S/C22H25NO3/c1-15(2)18-10-12-21(26-16(3)13-22(23)25)19(14-18)20(24)11-9-17-7-5-4-6-8-17/h4-12,14-16H,13H2,1-3H3,(H2,23,25)/b11-9+. The van der Waals surface area contributed by atoms with E-state index >= 15 is 0 Å². The van der Waals surface area contributed by atoms with Crippen LogP contribution in [0.1, 0.15) is 54.6 Å². The molecule has 0 aliphatic heterocycles. The van der Waals surface area contributed by atoms with Crippen LogP contribution in [0.15, 0.2) is 54.6 Å². The maximum absolute atomic E-state index is 12.8. The van der Waals surface area contributed by atoms with Gasteiger partial charge in [-0.1, -0.05) is 56.3 Å². The molecule has 0 spiro atoms. The van der Waals surface area contributed by atoms with Gasteiger partial charge < -0.3 is 10.5 Å². The number of hydrogen-bond donors (Lipinski definition) is 1.